The van der Waals surface area contributed by atoms with Gasteiger partial charge in [0.15, 0.2) is 5.11 Å². The van der Waals surface area contributed by atoms with E-state index in [-0.39, 0.29) is 21.2 Å². The van der Waals surface area contributed by atoms with Crippen LogP contribution in [0.3, 0.4) is 0 Å². The number of methoxy groups -OCH3 is 1. The molecule has 34 heavy (non-hydrogen) atoms. The Bertz CT molecular complexity index is 1260. The molecular formula is C25H25Cl2N3O3S. The first-order valence-corrected chi connectivity index (χ1v) is 11.9. The van der Waals surface area contributed by atoms with E-state index >= 15 is 0 Å². The van der Waals surface area contributed by atoms with Gasteiger partial charge in [0.2, 0.25) is 0 Å². The minimum atomic E-state index is -0.572. The van der Waals surface area contributed by atoms with Crippen LogP contribution in [0.4, 0.5) is 11.4 Å². The number of anilines is 2. The standard InChI is InChI=1S/C25H25Cl2N3O3S/c1-13-12-25(2,3)29(4)20-11-21(33-5)14(8-16(13)20)9-17-22(31)28-24(34)30(23(17)32)15-6-7-18(26)19(27)10-15/h6-11,13H,12H2,1-5H3,(H,28,31,34)/b17-9-. The molecule has 1 unspecified atom stereocenters. The van der Waals surface area contributed by atoms with Crippen LogP contribution in [-0.4, -0.2) is 36.6 Å². The van der Waals surface area contributed by atoms with Gasteiger partial charge in [-0.15, -0.1) is 0 Å². The van der Waals surface area contributed by atoms with Gasteiger partial charge in [0.25, 0.3) is 11.8 Å². The van der Waals surface area contributed by atoms with E-state index in [1.807, 2.05) is 12.1 Å². The highest BCUT2D eigenvalue weighted by molar-refractivity contribution is 7.80. The number of thiocarbonyl (C=S) groups is 1. The summed E-state index contributed by atoms with van der Waals surface area (Å²) in [6, 6.07) is 8.68. The lowest BCUT2D eigenvalue weighted by molar-refractivity contribution is -0.122. The molecule has 0 aliphatic carbocycles. The summed E-state index contributed by atoms with van der Waals surface area (Å²) < 4.78 is 5.65. The van der Waals surface area contributed by atoms with Gasteiger partial charge >= 0.3 is 0 Å². The number of carbonyl (C=O) groups is 2. The predicted octanol–water partition coefficient (Wildman–Crippen LogP) is 5.56. The summed E-state index contributed by atoms with van der Waals surface area (Å²) in [4.78, 5) is 29.7. The van der Waals surface area contributed by atoms with Gasteiger partial charge in [-0.3, -0.25) is 19.8 Å². The third-order valence-electron chi connectivity index (χ3n) is 6.55. The van der Waals surface area contributed by atoms with E-state index in [1.165, 1.54) is 11.0 Å². The molecule has 4 rings (SSSR count). The lowest BCUT2D eigenvalue weighted by Crippen LogP contribution is -2.54. The van der Waals surface area contributed by atoms with E-state index < -0.39 is 11.8 Å². The van der Waals surface area contributed by atoms with Gasteiger partial charge < -0.3 is 9.64 Å². The molecule has 0 saturated carbocycles. The smallest absolute Gasteiger partial charge is 0.270 e. The SMILES string of the molecule is COc1cc2c(cc1/C=C1/C(=O)NC(=S)N(c3ccc(Cl)c(Cl)c3)C1=O)C(C)CC(C)(C)N2C. The topological polar surface area (TPSA) is 61.9 Å². The molecule has 0 bridgehead atoms. The van der Waals surface area contributed by atoms with Crippen LogP contribution in [0.1, 0.15) is 44.2 Å². The first-order valence-electron chi connectivity index (χ1n) is 10.8. The fourth-order valence-electron chi connectivity index (χ4n) is 4.57. The quantitative estimate of drug-likeness (QED) is 0.328. The zero-order valence-electron chi connectivity index (χ0n) is 19.5. The Labute approximate surface area is 214 Å². The van der Waals surface area contributed by atoms with Crippen LogP contribution < -0.4 is 19.9 Å². The van der Waals surface area contributed by atoms with Crippen molar-refractivity contribution < 1.29 is 14.3 Å². The molecule has 2 aromatic carbocycles. The third kappa shape index (κ3) is 4.17. The van der Waals surface area contributed by atoms with E-state index in [0.29, 0.717) is 27.9 Å². The maximum atomic E-state index is 13.4. The van der Waals surface area contributed by atoms with Gasteiger partial charge in [0.1, 0.15) is 11.3 Å². The third-order valence-corrected chi connectivity index (χ3v) is 7.57. The first-order chi connectivity index (χ1) is 15.9. The highest BCUT2D eigenvalue weighted by Gasteiger charge is 2.37. The summed E-state index contributed by atoms with van der Waals surface area (Å²) in [7, 11) is 3.64. The number of nitrogens with zero attached hydrogens (tertiary/aromatic N) is 2. The fourth-order valence-corrected chi connectivity index (χ4v) is 5.15. The Balaban J connectivity index is 1.80. The van der Waals surface area contributed by atoms with E-state index in [9.17, 15) is 9.59 Å². The van der Waals surface area contributed by atoms with Crippen LogP contribution in [0.25, 0.3) is 6.08 Å². The van der Waals surface area contributed by atoms with Crippen LogP contribution in [0.2, 0.25) is 10.0 Å². The molecule has 2 aliphatic heterocycles. The second-order valence-corrected chi connectivity index (χ2v) is 10.4. The molecule has 2 heterocycles. The fraction of sp³-hybridized carbons (Fsp3) is 0.320. The highest BCUT2D eigenvalue weighted by Crippen LogP contribution is 2.45. The summed E-state index contributed by atoms with van der Waals surface area (Å²) in [6.07, 6.45) is 2.52. The van der Waals surface area contributed by atoms with Crippen LogP contribution in [0.15, 0.2) is 35.9 Å². The number of fused-ring (bicyclic) bond motifs is 1. The van der Waals surface area contributed by atoms with Crippen molar-refractivity contribution in [2.45, 2.75) is 38.6 Å². The molecule has 1 fully saturated rings. The molecule has 0 aromatic heterocycles. The molecule has 1 saturated heterocycles. The molecule has 6 nitrogen and oxygen atoms in total. The molecule has 1 atom stereocenters. The highest BCUT2D eigenvalue weighted by atomic mass is 35.5. The van der Waals surface area contributed by atoms with Crippen molar-refractivity contribution in [3.63, 3.8) is 0 Å². The zero-order chi connectivity index (χ0) is 24.9. The lowest BCUT2D eigenvalue weighted by atomic mass is 9.79. The Morgan fingerprint density at radius 2 is 1.88 bits per heavy atom. The summed E-state index contributed by atoms with van der Waals surface area (Å²) in [5.74, 6) is -0.270. The molecule has 2 aliphatic rings. The number of hydrogen-bond donors (Lipinski definition) is 1. The van der Waals surface area contributed by atoms with Crippen LogP contribution in [0.5, 0.6) is 5.75 Å². The molecule has 0 radical (unpaired) electrons. The number of halogens is 2. The van der Waals surface area contributed by atoms with Crippen molar-refractivity contribution in [3.8, 4) is 5.75 Å². The largest absolute Gasteiger partial charge is 0.496 e. The number of rotatable bonds is 3. The van der Waals surface area contributed by atoms with Crippen molar-refractivity contribution in [2.75, 3.05) is 24.0 Å². The summed E-state index contributed by atoms with van der Waals surface area (Å²) in [5.41, 5.74) is 3.19. The number of hydrogen-bond acceptors (Lipinski definition) is 5. The van der Waals surface area contributed by atoms with Gasteiger partial charge in [0, 0.05) is 29.9 Å². The van der Waals surface area contributed by atoms with Crippen molar-refractivity contribution >= 4 is 69.8 Å². The van der Waals surface area contributed by atoms with Crippen LogP contribution in [0, 0.1) is 0 Å². The monoisotopic (exact) mass is 517 g/mol. The molecule has 9 heteroatoms. The van der Waals surface area contributed by atoms with Crippen LogP contribution >= 0.6 is 35.4 Å². The van der Waals surface area contributed by atoms with Crippen LogP contribution in [-0.2, 0) is 9.59 Å². The molecule has 2 amide bonds. The number of benzene rings is 2. The molecular weight excluding hydrogens is 493 g/mol. The zero-order valence-corrected chi connectivity index (χ0v) is 21.9. The average molecular weight is 518 g/mol. The average Bonchev–Trinajstić information content (AvgIpc) is 2.76. The summed E-state index contributed by atoms with van der Waals surface area (Å²) in [5, 5.41) is 3.19. The Morgan fingerprint density at radius 1 is 1.18 bits per heavy atom. The maximum absolute atomic E-state index is 13.4. The number of amides is 2. The van der Waals surface area contributed by atoms with Gasteiger partial charge in [-0.05, 0) is 74.3 Å². The molecule has 0 spiro atoms. The second kappa shape index (κ2) is 8.87. The molecule has 2 aromatic rings. The number of ether oxygens (including phenoxy) is 1. The van der Waals surface area contributed by atoms with E-state index in [4.69, 9.17) is 40.2 Å². The van der Waals surface area contributed by atoms with Crippen molar-refractivity contribution in [1.82, 2.24) is 5.32 Å². The number of nitrogens with one attached hydrogen (secondary N) is 1. The van der Waals surface area contributed by atoms with Crippen molar-refractivity contribution in [1.29, 1.82) is 0 Å². The second-order valence-electron chi connectivity index (χ2n) is 9.19. The van der Waals surface area contributed by atoms with Gasteiger partial charge in [0.05, 0.1) is 22.8 Å². The first kappa shape index (κ1) is 24.5. The van der Waals surface area contributed by atoms with E-state index in [0.717, 1.165) is 17.7 Å². The summed E-state index contributed by atoms with van der Waals surface area (Å²) in [6.45, 7) is 6.60. The Kier molecular flexibility index (Phi) is 6.40. The predicted molar refractivity (Wildman–Crippen MR) is 141 cm³/mol. The van der Waals surface area contributed by atoms with Gasteiger partial charge in [-0.1, -0.05) is 30.1 Å². The maximum Gasteiger partial charge on any atom is 0.270 e. The van der Waals surface area contributed by atoms with Crippen molar-refractivity contribution in [2.24, 2.45) is 0 Å². The van der Waals surface area contributed by atoms with Crippen molar-refractivity contribution in [3.05, 3.63) is 57.1 Å². The van der Waals surface area contributed by atoms with Gasteiger partial charge in [-0.25, -0.2) is 0 Å². The number of carbonyl (C=O) groups excluding carboxylic acids is 2. The Morgan fingerprint density at radius 3 is 2.53 bits per heavy atom. The Hall–Kier alpha value is -2.61. The minimum absolute atomic E-state index is 0.00726. The lowest BCUT2D eigenvalue weighted by Gasteiger charge is -2.45. The molecule has 178 valence electrons. The normalized spacial score (nSPS) is 21.0. The minimum Gasteiger partial charge on any atom is -0.496 e. The van der Waals surface area contributed by atoms with Gasteiger partial charge in [-0.2, -0.15) is 0 Å². The molecule has 1 N–H and O–H groups in total. The van der Waals surface area contributed by atoms with E-state index in [2.05, 4.69) is 38.0 Å². The van der Waals surface area contributed by atoms with E-state index in [1.54, 1.807) is 25.3 Å². The summed E-state index contributed by atoms with van der Waals surface area (Å²) >= 11 is 17.4.